The summed E-state index contributed by atoms with van der Waals surface area (Å²) in [5, 5.41) is 2.95. The summed E-state index contributed by atoms with van der Waals surface area (Å²) in [4.78, 5) is 12.6. The second-order valence-corrected chi connectivity index (χ2v) is 7.92. The standard InChI is InChI=1S/C20H20N2O3S/c1-2-14-21-26(24,25)17-12-10-16(11-13-17)20(23)22-19-9-5-7-15-6-3-4-8-18(15)19/h1,5,7,9-13,21H,3-4,6,8,14H2,(H,22,23). The van der Waals surface area contributed by atoms with Gasteiger partial charge >= 0.3 is 0 Å². The zero-order chi connectivity index (χ0) is 18.6. The molecule has 0 saturated heterocycles. The van der Waals surface area contributed by atoms with Crippen LogP contribution in [0.15, 0.2) is 47.4 Å². The topological polar surface area (TPSA) is 75.3 Å². The Labute approximate surface area is 153 Å². The highest BCUT2D eigenvalue weighted by Crippen LogP contribution is 2.28. The van der Waals surface area contributed by atoms with E-state index >= 15 is 0 Å². The third kappa shape index (κ3) is 3.96. The Morgan fingerprint density at radius 1 is 1.08 bits per heavy atom. The van der Waals surface area contributed by atoms with E-state index in [1.165, 1.54) is 41.8 Å². The molecule has 3 rings (SSSR count). The van der Waals surface area contributed by atoms with E-state index in [1.807, 2.05) is 12.1 Å². The van der Waals surface area contributed by atoms with E-state index in [9.17, 15) is 13.2 Å². The molecule has 26 heavy (non-hydrogen) atoms. The normalized spacial score (nSPS) is 13.5. The molecule has 1 aliphatic carbocycles. The highest BCUT2D eigenvalue weighted by atomic mass is 32.2. The van der Waals surface area contributed by atoms with Crippen LogP contribution in [0.25, 0.3) is 0 Å². The summed E-state index contributed by atoms with van der Waals surface area (Å²) in [6.45, 7) is -0.0797. The van der Waals surface area contributed by atoms with E-state index in [0.717, 1.165) is 24.9 Å². The van der Waals surface area contributed by atoms with Gasteiger partial charge in [-0.25, -0.2) is 8.42 Å². The number of amides is 1. The van der Waals surface area contributed by atoms with Gasteiger partial charge in [-0.05, 0) is 67.1 Å². The minimum absolute atomic E-state index is 0.0707. The number of fused-ring (bicyclic) bond motifs is 1. The van der Waals surface area contributed by atoms with Crippen LogP contribution in [-0.4, -0.2) is 20.9 Å². The van der Waals surface area contributed by atoms with Gasteiger partial charge in [0, 0.05) is 11.3 Å². The molecule has 0 unspecified atom stereocenters. The van der Waals surface area contributed by atoms with Gasteiger partial charge in [-0.15, -0.1) is 6.42 Å². The maximum atomic E-state index is 12.5. The van der Waals surface area contributed by atoms with Crippen molar-refractivity contribution in [1.82, 2.24) is 4.72 Å². The first kappa shape index (κ1) is 18.2. The molecule has 0 bridgehead atoms. The average Bonchev–Trinajstić information content (AvgIpc) is 2.67. The van der Waals surface area contributed by atoms with Gasteiger partial charge in [0.15, 0.2) is 0 Å². The van der Waals surface area contributed by atoms with Crippen molar-refractivity contribution in [3.05, 3.63) is 59.2 Å². The summed E-state index contributed by atoms with van der Waals surface area (Å²) >= 11 is 0. The molecule has 1 aliphatic rings. The average molecular weight is 368 g/mol. The van der Waals surface area contributed by atoms with Crippen molar-refractivity contribution in [3.8, 4) is 12.3 Å². The Kier molecular flexibility index (Phi) is 5.40. The number of nitrogens with one attached hydrogen (secondary N) is 2. The summed E-state index contributed by atoms with van der Waals surface area (Å²) in [5.74, 6) is 1.96. The zero-order valence-electron chi connectivity index (χ0n) is 14.3. The number of sulfonamides is 1. The molecule has 2 aromatic rings. The maximum absolute atomic E-state index is 12.5. The number of hydrogen-bond acceptors (Lipinski definition) is 3. The molecule has 0 aromatic heterocycles. The first-order valence-electron chi connectivity index (χ1n) is 8.46. The number of carbonyl (C=O) groups is 1. The molecule has 0 heterocycles. The third-order valence-electron chi connectivity index (χ3n) is 4.44. The van der Waals surface area contributed by atoms with Gasteiger partial charge in [0.1, 0.15) is 0 Å². The fourth-order valence-electron chi connectivity index (χ4n) is 3.10. The van der Waals surface area contributed by atoms with Crippen LogP contribution in [0.4, 0.5) is 5.69 Å². The quantitative estimate of drug-likeness (QED) is 0.797. The molecule has 0 saturated carbocycles. The van der Waals surface area contributed by atoms with Crippen molar-refractivity contribution < 1.29 is 13.2 Å². The summed E-state index contributed by atoms with van der Waals surface area (Å²) in [5.41, 5.74) is 3.72. The third-order valence-corrected chi connectivity index (χ3v) is 5.85. The number of terminal acetylenes is 1. The number of aryl methyl sites for hydroxylation is 1. The lowest BCUT2D eigenvalue weighted by atomic mass is 9.90. The van der Waals surface area contributed by atoms with E-state index in [1.54, 1.807) is 0 Å². The Morgan fingerprint density at radius 3 is 2.54 bits per heavy atom. The van der Waals surface area contributed by atoms with Gasteiger partial charge in [-0.3, -0.25) is 4.79 Å². The van der Waals surface area contributed by atoms with Crippen LogP contribution in [0.2, 0.25) is 0 Å². The number of carbonyl (C=O) groups excluding carboxylic acids is 1. The molecular formula is C20H20N2O3S. The molecule has 0 aliphatic heterocycles. The summed E-state index contributed by atoms with van der Waals surface area (Å²) in [6, 6.07) is 11.7. The van der Waals surface area contributed by atoms with Crippen LogP contribution >= 0.6 is 0 Å². The van der Waals surface area contributed by atoms with E-state index in [4.69, 9.17) is 6.42 Å². The van der Waals surface area contributed by atoms with Gasteiger partial charge in [0.05, 0.1) is 11.4 Å². The second kappa shape index (κ2) is 7.73. The van der Waals surface area contributed by atoms with Crippen molar-refractivity contribution in [2.24, 2.45) is 0 Å². The first-order chi connectivity index (χ1) is 12.5. The van der Waals surface area contributed by atoms with Crippen LogP contribution in [0, 0.1) is 12.3 Å². The maximum Gasteiger partial charge on any atom is 0.255 e. The van der Waals surface area contributed by atoms with Crippen LogP contribution < -0.4 is 10.0 Å². The summed E-state index contributed by atoms with van der Waals surface area (Å²) < 4.78 is 26.3. The predicted molar refractivity (Wildman–Crippen MR) is 102 cm³/mol. The largest absolute Gasteiger partial charge is 0.322 e. The van der Waals surface area contributed by atoms with Crippen LogP contribution in [0.1, 0.15) is 34.3 Å². The van der Waals surface area contributed by atoms with Crippen molar-refractivity contribution in [2.45, 2.75) is 30.6 Å². The van der Waals surface area contributed by atoms with Gasteiger partial charge in [-0.2, -0.15) is 4.72 Å². The Morgan fingerprint density at radius 2 is 1.81 bits per heavy atom. The molecule has 0 fully saturated rings. The summed E-state index contributed by atoms with van der Waals surface area (Å²) in [7, 11) is -3.66. The number of hydrogen-bond donors (Lipinski definition) is 2. The van der Waals surface area contributed by atoms with Crippen molar-refractivity contribution in [3.63, 3.8) is 0 Å². The molecule has 2 N–H and O–H groups in total. The summed E-state index contributed by atoms with van der Waals surface area (Å²) in [6.07, 6.45) is 9.37. The molecule has 1 amide bonds. The number of benzene rings is 2. The van der Waals surface area contributed by atoms with Gasteiger partial charge in [0.25, 0.3) is 5.91 Å². The molecule has 0 spiro atoms. The van der Waals surface area contributed by atoms with Crippen molar-refractivity contribution in [2.75, 3.05) is 11.9 Å². The fraction of sp³-hybridized carbons (Fsp3) is 0.250. The highest BCUT2D eigenvalue weighted by molar-refractivity contribution is 7.89. The van der Waals surface area contributed by atoms with Crippen LogP contribution in [0.5, 0.6) is 0 Å². The minimum atomic E-state index is -3.66. The number of anilines is 1. The van der Waals surface area contributed by atoms with Gasteiger partial charge in [0.2, 0.25) is 10.0 Å². The minimum Gasteiger partial charge on any atom is -0.322 e. The molecule has 2 aromatic carbocycles. The van der Waals surface area contributed by atoms with Crippen LogP contribution in [-0.2, 0) is 22.9 Å². The molecule has 6 heteroatoms. The number of rotatable bonds is 5. The van der Waals surface area contributed by atoms with E-state index < -0.39 is 10.0 Å². The van der Waals surface area contributed by atoms with Crippen molar-refractivity contribution >= 4 is 21.6 Å². The van der Waals surface area contributed by atoms with E-state index in [-0.39, 0.29) is 17.3 Å². The Hall–Kier alpha value is -2.62. The second-order valence-electron chi connectivity index (χ2n) is 6.16. The molecule has 5 nitrogen and oxygen atoms in total. The Balaban J connectivity index is 1.76. The van der Waals surface area contributed by atoms with Crippen molar-refractivity contribution in [1.29, 1.82) is 0 Å². The fourth-order valence-corrected chi connectivity index (χ4v) is 4.03. The van der Waals surface area contributed by atoms with Crippen LogP contribution in [0.3, 0.4) is 0 Å². The molecular weight excluding hydrogens is 348 g/mol. The zero-order valence-corrected chi connectivity index (χ0v) is 15.1. The van der Waals surface area contributed by atoms with Gasteiger partial charge < -0.3 is 5.32 Å². The lowest BCUT2D eigenvalue weighted by Crippen LogP contribution is -2.24. The smallest absolute Gasteiger partial charge is 0.255 e. The van der Waals surface area contributed by atoms with Gasteiger partial charge in [-0.1, -0.05) is 18.1 Å². The SMILES string of the molecule is C#CCNS(=O)(=O)c1ccc(C(=O)Nc2cccc3c2CCCC3)cc1. The Bertz CT molecular complexity index is 958. The highest BCUT2D eigenvalue weighted by Gasteiger charge is 2.17. The lowest BCUT2D eigenvalue weighted by molar-refractivity contribution is 0.102. The molecule has 0 atom stereocenters. The predicted octanol–water partition coefficient (Wildman–Crippen LogP) is 2.73. The van der Waals surface area contributed by atoms with E-state index in [0.29, 0.717) is 5.56 Å². The molecule has 134 valence electrons. The first-order valence-corrected chi connectivity index (χ1v) is 9.95. The lowest BCUT2D eigenvalue weighted by Gasteiger charge is -2.19. The van der Waals surface area contributed by atoms with E-state index in [2.05, 4.69) is 22.0 Å². The molecule has 0 radical (unpaired) electrons. The monoisotopic (exact) mass is 368 g/mol.